The van der Waals surface area contributed by atoms with Gasteiger partial charge in [0.2, 0.25) is 5.95 Å². The van der Waals surface area contributed by atoms with E-state index in [2.05, 4.69) is 34.2 Å². The summed E-state index contributed by atoms with van der Waals surface area (Å²) in [5.74, 6) is 0.174. The lowest BCUT2D eigenvalue weighted by atomic mass is 9.99. The Morgan fingerprint density at radius 3 is 2.71 bits per heavy atom. The highest BCUT2D eigenvalue weighted by atomic mass is 16.1. The van der Waals surface area contributed by atoms with Crippen molar-refractivity contribution in [3.8, 4) is 0 Å². The SMILES string of the molecule is CCc1c(Cc2cccc3ccccc23)nc(N)[nH]c1=O. The molecule has 0 bridgehead atoms. The second kappa shape index (κ2) is 5.40. The molecule has 4 heteroatoms. The Morgan fingerprint density at radius 2 is 1.90 bits per heavy atom. The minimum Gasteiger partial charge on any atom is -0.369 e. The zero-order valence-corrected chi connectivity index (χ0v) is 11.9. The second-order valence-electron chi connectivity index (χ2n) is 5.05. The fourth-order valence-corrected chi connectivity index (χ4v) is 2.70. The van der Waals surface area contributed by atoms with E-state index in [0.29, 0.717) is 18.4 Å². The van der Waals surface area contributed by atoms with Crippen LogP contribution in [0, 0.1) is 0 Å². The first kappa shape index (κ1) is 13.4. The summed E-state index contributed by atoms with van der Waals surface area (Å²) in [6.45, 7) is 1.95. The van der Waals surface area contributed by atoms with Gasteiger partial charge in [0.15, 0.2) is 0 Å². The molecule has 1 heterocycles. The molecule has 4 nitrogen and oxygen atoms in total. The maximum Gasteiger partial charge on any atom is 0.255 e. The molecule has 0 aliphatic rings. The minimum atomic E-state index is -0.139. The van der Waals surface area contributed by atoms with Crippen LogP contribution in [0.25, 0.3) is 10.8 Å². The van der Waals surface area contributed by atoms with Crippen molar-refractivity contribution in [3.63, 3.8) is 0 Å². The molecular weight excluding hydrogens is 262 g/mol. The van der Waals surface area contributed by atoms with Crippen LogP contribution in [-0.4, -0.2) is 9.97 Å². The quantitative estimate of drug-likeness (QED) is 0.774. The van der Waals surface area contributed by atoms with Gasteiger partial charge in [-0.3, -0.25) is 9.78 Å². The van der Waals surface area contributed by atoms with Crippen molar-refractivity contribution in [2.45, 2.75) is 19.8 Å². The number of hydrogen-bond acceptors (Lipinski definition) is 3. The van der Waals surface area contributed by atoms with Gasteiger partial charge >= 0.3 is 0 Å². The number of hydrogen-bond donors (Lipinski definition) is 2. The van der Waals surface area contributed by atoms with Crippen LogP contribution in [0.1, 0.15) is 23.7 Å². The van der Waals surface area contributed by atoms with Crippen LogP contribution in [-0.2, 0) is 12.8 Å². The number of nitrogens with zero attached hydrogens (tertiary/aromatic N) is 1. The molecule has 0 saturated carbocycles. The molecule has 3 aromatic rings. The van der Waals surface area contributed by atoms with Crippen LogP contribution in [0.4, 0.5) is 5.95 Å². The average Bonchev–Trinajstić information content (AvgIpc) is 2.47. The predicted molar refractivity (Wildman–Crippen MR) is 85.4 cm³/mol. The molecular formula is C17H17N3O. The Morgan fingerprint density at radius 1 is 1.14 bits per heavy atom. The Bertz CT molecular complexity index is 847. The molecule has 0 atom stereocenters. The van der Waals surface area contributed by atoms with Crippen LogP contribution < -0.4 is 11.3 Å². The summed E-state index contributed by atoms with van der Waals surface area (Å²) in [5.41, 5.74) is 8.16. The van der Waals surface area contributed by atoms with E-state index in [0.717, 1.165) is 11.3 Å². The fourth-order valence-electron chi connectivity index (χ4n) is 2.70. The van der Waals surface area contributed by atoms with Gasteiger partial charge in [0.05, 0.1) is 5.69 Å². The zero-order valence-electron chi connectivity index (χ0n) is 11.9. The Labute approximate surface area is 122 Å². The standard InChI is InChI=1S/C17H17N3O/c1-2-13-15(19-17(18)20-16(13)21)10-12-8-5-7-11-6-3-4-9-14(11)12/h3-9H,2,10H2,1H3,(H3,18,19,20,21). The third kappa shape index (κ3) is 2.52. The molecule has 0 aliphatic heterocycles. The van der Waals surface area contributed by atoms with E-state index in [4.69, 9.17) is 5.73 Å². The molecule has 106 valence electrons. The number of nitrogens with one attached hydrogen (secondary N) is 1. The number of benzene rings is 2. The lowest BCUT2D eigenvalue weighted by Crippen LogP contribution is -2.19. The maximum absolute atomic E-state index is 12.0. The van der Waals surface area contributed by atoms with Gasteiger partial charge in [0, 0.05) is 12.0 Å². The van der Waals surface area contributed by atoms with Crippen molar-refractivity contribution in [1.82, 2.24) is 9.97 Å². The highest BCUT2D eigenvalue weighted by Crippen LogP contribution is 2.21. The molecule has 21 heavy (non-hydrogen) atoms. The van der Waals surface area contributed by atoms with Gasteiger partial charge in [-0.2, -0.15) is 0 Å². The summed E-state index contributed by atoms with van der Waals surface area (Å²) in [6.07, 6.45) is 1.25. The van der Waals surface area contributed by atoms with Crippen LogP contribution in [0.5, 0.6) is 0 Å². The first-order valence-corrected chi connectivity index (χ1v) is 7.03. The summed E-state index contributed by atoms with van der Waals surface area (Å²) < 4.78 is 0. The van der Waals surface area contributed by atoms with Crippen LogP contribution in [0.3, 0.4) is 0 Å². The molecule has 1 aromatic heterocycles. The van der Waals surface area contributed by atoms with Crippen LogP contribution in [0.15, 0.2) is 47.3 Å². The minimum absolute atomic E-state index is 0.139. The number of H-pyrrole nitrogens is 1. The van der Waals surface area contributed by atoms with Crippen molar-refractivity contribution in [2.75, 3.05) is 5.73 Å². The van der Waals surface area contributed by atoms with Crippen molar-refractivity contribution >= 4 is 16.7 Å². The normalized spacial score (nSPS) is 10.9. The van der Waals surface area contributed by atoms with Crippen molar-refractivity contribution in [2.24, 2.45) is 0 Å². The smallest absolute Gasteiger partial charge is 0.255 e. The Balaban J connectivity index is 2.13. The van der Waals surface area contributed by atoms with Gasteiger partial charge < -0.3 is 5.73 Å². The van der Waals surface area contributed by atoms with Gasteiger partial charge in [-0.1, -0.05) is 49.4 Å². The number of anilines is 1. The Hall–Kier alpha value is -2.62. The summed E-state index contributed by atoms with van der Waals surface area (Å²) >= 11 is 0. The van der Waals surface area contributed by atoms with E-state index in [9.17, 15) is 4.79 Å². The van der Waals surface area contributed by atoms with E-state index in [1.54, 1.807) is 0 Å². The summed E-state index contributed by atoms with van der Waals surface area (Å²) in [7, 11) is 0. The van der Waals surface area contributed by atoms with Crippen LogP contribution in [0.2, 0.25) is 0 Å². The maximum atomic E-state index is 12.0. The van der Waals surface area contributed by atoms with E-state index in [-0.39, 0.29) is 11.5 Å². The van der Waals surface area contributed by atoms with E-state index in [1.165, 1.54) is 10.8 Å². The van der Waals surface area contributed by atoms with E-state index < -0.39 is 0 Å². The average molecular weight is 279 g/mol. The highest BCUT2D eigenvalue weighted by molar-refractivity contribution is 5.85. The first-order chi connectivity index (χ1) is 10.2. The molecule has 0 radical (unpaired) electrons. The number of aromatic nitrogens is 2. The number of nitrogen functional groups attached to an aromatic ring is 1. The fraction of sp³-hybridized carbons (Fsp3) is 0.176. The molecule has 0 fully saturated rings. The summed E-state index contributed by atoms with van der Waals surface area (Å²) in [5, 5.41) is 2.37. The largest absolute Gasteiger partial charge is 0.369 e. The highest BCUT2D eigenvalue weighted by Gasteiger charge is 2.11. The van der Waals surface area contributed by atoms with Crippen LogP contribution >= 0.6 is 0 Å². The molecule has 0 aliphatic carbocycles. The zero-order chi connectivity index (χ0) is 14.8. The lowest BCUT2D eigenvalue weighted by Gasteiger charge is -2.09. The Kier molecular flexibility index (Phi) is 3.44. The van der Waals surface area contributed by atoms with Gasteiger partial charge in [-0.05, 0) is 22.8 Å². The molecule has 0 saturated heterocycles. The molecule has 2 aromatic carbocycles. The molecule has 3 N–H and O–H groups in total. The first-order valence-electron chi connectivity index (χ1n) is 7.03. The molecule has 3 rings (SSSR count). The van der Waals surface area contributed by atoms with Crippen molar-refractivity contribution in [3.05, 3.63) is 69.6 Å². The summed E-state index contributed by atoms with van der Waals surface area (Å²) in [4.78, 5) is 18.9. The van der Waals surface area contributed by atoms with Crippen molar-refractivity contribution < 1.29 is 0 Å². The number of nitrogens with two attached hydrogens (primary N) is 1. The van der Waals surface area contributed by atoms with Crippen molar-refractivity contribution in [1.29, 1.82) is 0 Å². The summed E-state index contributed by atoms with van der Waals surface area (Å²) in [6, 6.07) is 14.4. The van der Waals surface area contributed by atoms with Gasteiger partial charge in [0.1, 0.15) is 0 Å². The number of rotatable bonds is 3. The topological polar surface area (TPSA) is 71.8 Å². The van der Waals surface area contributed by atoms with Gasteiger partial charge in [0.25, 0.3) is 5.56 Å². The second-order valence-corrected chi connectivity index (χ2v) is 5.05. The lowest BCUT2D eigenvalue weighted by molar-refractivity contribution is 0.935. The third-order valence-electron chi connectivity index (χ3n) is 3.71. The number of fused-ring (bicyclic) bond motifs is 1. The predicted octanol–water partition coefficient (Wildman–Crippen LogP) is 2.66. The van der Waals surface area contributed by atoms with Gasteiger partial charge in [-0.25, -0.2) is 4.98 Å². The molecule has 0 amide bonds. The van der Waals surface area contributed by atoms with E-state index >= 15 is 0 Å². The van der Waals surface area contributed by atoms with E-state index in [1.807, 2.05) is 25.1 Å². The number of aromatic amines is 1. The third-order valence-corrected chi connectivity index (χ3v) is 3.71. The molecule has 0 spiro atoms. The monoisotopic (exact) mass is 279 g/mol. The van der Waals surface area contributed by atoms with Gasteiger partial charge in [-0.15, -0.1) is 0 Å². The molecule has 0 unspecified atom stereocenters.